The van der Waals surface area contributed by atoms with E-state index >= 15 is 0 Å². The third kappa shape index (κ3) is 2.29. The zero-order valence-corrected chi connectivity index (χ0v) is 10.0. The summed E-state index contributed by atoms with van der Waals surface area (Å²) in [6, 6.07) is 1.18. The van der Waals surface area contributed by atoms with Crippen LogP contribution in [0.2, 0.25) is 0 Å². The van der Waals surface area contributed by atoms with Gasteiger partial charge in [0.15, 0.2) is 11.6 Å². The minimum absolute atomic E-state index is 0.129. The number of carboxylic acid groups (broad SMARTS) is 1. The molecule has 1 amide bonds. The monoisotopic (exact) mass is 254 g/mol. The fraction of sp³-hybridized carbons (Fsp3) is 0.455. The van der Waals surface area contributed by atoms with Gasteiger partial charge in [-0.25, -0.2) is 14.2 Å². The summed E-state index contributed by atoms with van der Waals surface area (Å²) < 4.78 is 13.3. The molecule has 0 bridgehead atoms. The highest BCUT2D eigenvalue weighted by Gasteiger charge is 2.27. The van der Waals surface area contributed by atoms with E-state index in [4.69, 9.17) is 10.8 Å². The summed E-state index contributed by atoms with van der Waals surface area (Å²) in [6.45, 7) is 3.24. The first-order valence-corrected chi connectivity index (χ1v) is 5.64. The first-order chi connectivity index (χ1) is 8.49. The lowest BCUT2D eigenvalue weighted by Crippen LogP contribution is -2.53. The minimum Gasteiger partial charge on any atom is -0.465 e. The average molecular weight is 254 g/mol. The van der Waals surface area contributed by atoms with Gasteiger partial charge in [-0.05, 0) is 6.92 Å². The van der Waals surface area contributed by atoms with Crippen LogP contribution in [0.4, 0.5) is 20.7 Å². The Labute approximate surface area is 104 Å². The second-order valence-electron chi connectivity index (χ2n) is 4.33. The molecule has 6 nitrogen and oxygen atoms in total. The molecule has 0 radical (unpaired) electrons. The van der Waals surface area contributed by atoms with Crippen molar-refractivity contribution in [3.8, 4) is 0 Å². The lowest BCUT2D eigenvalue weighted by Gasteiger charge is -2.39. The van der Waals surface area contributed by atoms with Crippen LogP contribution in [-0.4, -0.2) is 46.8 Å². The van der Waals surface area contributed by atoms with Gasteiger partial charge in [0.1, 0.15) is 0 Å². The van der Waals surface area contributed by atoms with Crippen LogP contribution in [0.5, 0.6) is 0 Å². The number of nitrogen functional groups attached to an aromatic ring is 1. The molecule has 1 atom stereocenters. The van der Waals surface area contributed by atoms with Crippen LogP contribution in [0, 0.1) is 5.82 Å². The molecule has 2 rings (SSSR count). The van der Waals surface area contributed by atoms with Crippen molar-refractivity contribution in [3.63, 3.8) is 0 Å². The van der Waals surface area contributed by atoms with Crippen LogP contribution in [0.1, 0.15) is 6.92 Å². The van der Waals surface area contributed by atoms with E-state index in [0.717, 1.165) is 0 Å². The number of nitrogens with two attached hydrogens (primary N) is 1. The molecule has 0 aromatic carbocycles. The van der Waals surface area contributed by atoms with Gasteiger partial charge >= 0.3 is 6.09 Å². The van der Waals surface area contributed by atoms with Crippen molar-refractivity contribution in [2.75, 3.05) is 30.3 Å². The van der Waals surface area contributed by atoms with E-state index in [-0.39, 0.29) is 11.9 Å². The van der Waals surface area contributed by atoms with Crippen LogP contribution in [0.15, 0.2) is 12.3 Å². The second kappa shape index (κ2) is 4.67. The maximum atomic E-state index is 13.3. The zero-order chi connectivity index (χ0) is 13.3. The molecule has 2 heterocycles. The van der Waals surface area contributed by atoms with E-state index in [1.807, 2.05) is 11.8 Å². The number of anilines is 2. The average Bonchev–Trinajstić information content (AvgIpc) is 2.32. The molecule has 7 heteroatoms. The molecule has 1 fully saturated rings. The number of nitrogens with zero attached hydrogens (tertiary/aromatic N) is 3. The first kappa shape index (κ1) is 12.4. The third-order valence-electron chi connectivity index (χ3n) is 3.09. The summed E-state index contributed by atoms with van der Waals surface area (Å²) in [7, 11) is 0. The number of amides is 1. The zero-order valence-electron chi connectivity index (χ0n) is 10.0. The van der Waals surface area contributed by atoms with Gasteiger partial charge in [0.25, 0.3) is 0 Å². The SMILES string of the molecule is CC1CN(c2cnc(N)c(F)c2)CCN1C(=O)O. The fourth-order valence-corrected chi connectivity index (χ4v) is 2.09. The number of hydrogen-bond acceptors (Lipinski definition) is 4. The highest BCUT2D eigenvalue weighted by Crippen LogP contribution is 2.21. The van der Waals surface area contributed by atoms with Crippen molar-refractivity contribution in [3.05, 3.63) is 18.1 Å². The Morgan fingerprint density at radius 1 is 1.61 bits per heavy atom. The predicted octanol–water partition coefficient (Wildman–Crippen LogP) is 0.991. The molecule has 0 saturated carbocycles. The fourth-order valence-electron chi connectivity index (χ4n) is 2.09. The Hall–Kier alpha value is -2.05. The molecule has 18 heavy (non-hydrogen) atoms. The summed E-state index contributed by atoms with van der Waals surface area (Å²) in [5, 5.41) is 8.96. The first-order valence-electron chi connectivity index (χ1n) is 5.64. The van der Waals surface area contributed by atoms with Crippen LogP contribution >= 0.6 is 0 Å². The smallest absolute Gasteiger partial charge is 0.407 e. The molecule has 98 valence electrons. The van der Waals surface area contributed by atoms with Crippen molar-refractivity contribution in [1.29, 1.82) is 0 Å². The number of pyridine rings is 1. The van der Waals surface area contributed by atoms with Gasteiger partial charge < -0.3 is 20.6 Å². The van der Waals surface area contributed by atoms with E-state index in [1.165, 1.54) is 17.2 Å². The lowest BCUT2D eigenvalue weighted by atomic mass is 10.2. The standard InChI is InChI=1S/C11H15FN4O2/c1-7-6-15(2-3-16(7)11(17)18)8-4-9(12)10(13)14-5-8/h4-5,7H,2-3,6H2,1H3,(H2,13,14)(H,17,18). The van der Waals surface area contributed by atoms with Gasteiger partial charge in [-0.1, -0.05) is 0 Å². The Morgan fingerprint density at radius 2 is 2.33 bits per heavy atom. The van der Waals surface area contributed by atoms with Crippen LogP contribution in [-0.2, 0) is 0 Å². The third-order valence-corrected chi connectivity index (χ3v) is 3.09. The quantitative estimate of drug-likeness (QED) is 0.781. The molecule has 1 aromatic heterocycles. The summed E-state index contributed by atoms with van der Waals surface area (Å²) in [4.78, 5) is 18.0. The number of aromatic nitrogens is 1. The van der Waals surface area contributed by atoms with E-state index in [9.17, 15) is 9.18 Å². The number of piperazine rings is 1. The molecular weight excluding hydrogens is 239 g/mol. The molecular formula is C11H15FN4O2. The number of halogens is 1. The van der Waals surface area contributed by atoms with Gasteiger partial charge in [0.2, 0.25) is 0 Å². The Bertz CT molecular complexity index is 468. The Morgan fingerprint density at radius 3 is 2.89 bits per heavy atom. The summed E-state index contributed by atoms with van der Waals surface area (Å²) in [6.07, 6.45) is 0.574. The molecule has 1 saturated heterocycles. The topological polar surface area (TPSA) is 82.7 Å². The van der Waals surface area contributed by atoms with Crippen molar-refractivity contribution < 1.29 is 14.3 Å². The largest absolute Gasteiger partial charge is 0.465 e. The molecule has 0 spiro atoms. The summed E-state index contributed by atoms with van der Waals surface area (Å²) in [5.41, 5.74) is 5.94. The van der Waals surface area contributed by atoms with E-state index in [1.54, 1.807) is 0 Å². The van der Waals surface area contributed by atoms with E-state index in [2.05, 4.69) is 4.98 Å². The van der Waals surface area contributed by atoms with Gasteiger partial charge in [-0.3, -0.25) is 0 Å². The molecule has 0 aliphatic carbocycles. The van der Waals surface area contributed by atoms with Crippen LogP contribution in [0.3, 0.4) is 0 Å². The van der Waals surface area contributed by atoms with Gasteiger partial charge in [-0.15, -0.1) is 0 Å². The molecule has 1 unspecified atom stereocenters. The molecule has 1 aliphatic rings. The van der Waals surface area contributed by atoms with Crippen molar-refractivity contribution in [2.24, 2.45) is 0 Å². The summed E-state index contributed by atoms with van der Waals surface area (Å²) >= 11 is 0. The van der Waals surface area contributed by atoms with Crippen molar-refractivity contribution in [1.82, 2.24) is 9.88 Å². The van der Waals surface area contributed by atoms with Crippen LogP contribution < -0.4 is 10.6 Å². The minimum atomic E-state index is -0.927. The second-order valence-corrected chi connectivity index (χ2v) is 4.33. The highest BCUT2D eigenvalue weighted by atomic mass is 19.1. The maximum absolute atomic E-state index is 13.3. The Balaban J connectivity index is 2.12. The van der Waals surface area contributed by atoms with Gasteiger partial charge in [0, 0.05) is 31.7 Å². The predicted molar refractivity (Wildman–Crippen MR) is 65.0 cm³/mol. The van der Waals surface area contributed by atoms with Gasteiger partial charge in [-0.2, -0.15) is 0 Å². The molecule has 1 aliphatic heterocycles. The van der Waals surface area contributed by atoms with Crippen molar-refractivity contribution >= 4 is 17.6 Å². The molecule has 3 N–H and O–H groups in total. The van der Waals surface area contributed by atoms with Crippen LogP contribution in [0.25, 0.3) is 0 Å². The maximum Gasteiger partial charge on any atom is 0.407 e. The van der Waals surface area contributed by atoms with Crippen molar-refractivity contribution in [2.45, 2.75) is 13.0 Å². The summed E-state index contributed by atoms with van der Waals surface area (Å²) in [5.74, 6) is -0.684. The number of hydrogen-bond donors (Lipinski definition) is 2. The van der Waals surface area contributed by atoms with E-state index in [0.29, 0.717) is 25.3 Å². The normalized spacial score (nSPS) is 20.0. The Kier molecular flexibility index (Phi) is 3.22. The van der Waals surface area contributed by atoms with E-state index < -0.39 is 11.9 Å². The van der Waals surface area contributed by atoms with Gasteiger partial charge in [0.05, 0.1) is 11.9 Å². The highest BCUT2D eigenvalue weighted by molar-refractivity contribution is 5.66. The number of carbonyl (C=O) groups is 1. The molecule has 1 aromatic rings. The number of rotatable bonds is 1. The lowest BCUT2D eigenvalue weighted by molar-refractivity contribution is 0.122.